The Bertz CT molecular complexity index is 446. The fourth-order valence-corrected chi connectivity index (χ4v) is 2.14. The van der Waals surface area contributed by atoms with Gasteiger partial charge in [0, 0.05) is 18.5 Å². The van der Waals surface area contributed by atoms with Gasteiger partial charge in [0.25, 0.3) is 5.91 Å². The molecule has 1 N–H and O–H groups in total. The Labute approximate surface area is 105 Å². The number of β-amino-alcohol motifs (C(OH)–C–C–N with tert-alkyl or cyclic N) is 1. The van der Waals surface area contributed by atoms with Crippen LogP contribution < -0.4 is 0 Å². The van der Waals surface area contributed by atoms with Gasteiger partial charge in [0.1, 0.15) is 6.04 Å². The summed E-state index contributed by atoms with van der Waals surface area (Å²) in [5, 5.41) is 9.61. The predicted molar refractivity (Wildman–Crippen MR) is 63.9 cm³/mol. The van der Waals surface area contributed by atoms with E-state index in [2.05, 4.69) is 4.74 Å². The average molecular weight is 249 g/mol. The summed E-state index contributed by atoms with van der Waals surface area (Å²) in [5.74, 6) is -0.751. The molecule has 1 saturated heterocycles. The molecule has 0 radical (unpaired) electrons. The quantitative estimate of drug-likeness (QED) is 0.772. The number of hydrogen-bond donors (Lipinski definition) is 1. The van der Waals surface area contributed by atoms with E-state index in [0.717, 1.165) is 0 Å². The highest BCUT2D eigenvalue weighted by atomic mass is 16.5. The Hall–Kier alpha value is -1.88. The summed E-state index contributed by atoms with van der Waals surface area (Å²) < 4.78 is 4.65. The van der Waals surface area contributed by atoms with E-state index in [9.17, 15) is 14.7 Å². The van der Waals surface area contributed by atoms with Gasteiger partial charge in [-0.1, -0.05) is 18.2 Å². The number of likely N-dealkylation sites (tertiary alicyclic amines) is 1. The molecule has 0 aromatic heterocycles. The van der Waals surface area contributed by atoms with Crippen LogP contribution in [-0.2, 0) is 9.53 Å². The molecule has 0 unspecified atom stereocenters. The lowest BCUT2D eigenvalue weighted by atomic mass is 10.1. The molecule has 18 heavy (non-hydrogen) atoms. The number of aliphatic hydroxyl groups excluding tert-OH is 1. The lowest BCUT2D eigenvalue weighted by molar-refractivity contribution is -0.145. The van der Waals surface area contributed by atoms with E-state index in [1.165, 1.54) is 12.0 Å². The Balaban J connectivity index is 2.21. The molecule has 0 bridgehead atoms. The van der Waals surface area contributed by atoms with Crippen LogP contribution in [0.5, 0.6) is 0 Å². The van der Waals surface area contributed by atoms with Gasteiger partial charge in [0.15, 0.2) is 0 Å². The summed E-state index contributed by atoms with van der Waals surface area (Å²) in [7, 11) is 1.28. The highest BCUT2D eigenvalue weighted by Gasteiger charge is 2.39. The van der Waals surface area contributed by atoms with E-state index < -0.39 is 18.1 Å². The van der Waals surface area contributed by atoms with Gasteiger partial charge in [-0.05, 0) is 12.1 Å². The molecule has 5 heteroatoms. The summed E-state index contributed by atoms with van der Waals surface area (Å²) in [6, 6.07) is 7.99. The Morgan fingerprint density at radius 1 is 1.33 bits per heavy atom. The van der Waals surface area contributed by atoms with Crippen LogP contribution in [0, 0.1) is 0 Å². The number of rotatable bonds is 2. The third-order valence-electron chi connectivity index (χ3n) is 3.03. The minimum absolute atomic E-state index is 0.160. The predicted octanol–water partition coefficient (Wildman–Crippen LogP) is 0.435. The van der Waals surface area contributed by atoms with Crippen molar-refractivity contribution in [3.8, 4) is 0 Å². The van der Waals surface area contributed by atoms with Crippen LogP contribution in [0.25, 0.3) is 0 Å². The van der Waals surface area contributed by atoms with E-state index in [-0.39, 0.29) is 18.9 Å². The number of esters is 1. The van der Waals surface area contributed by atoms with Gasteiger partial charge in [0.05, 0.1) is 13.2 Å². The van der Waals surface area contributed by atoms with Gasteiger partial charge in [-0.2, -0.15) is 0 Å². The molecule has 2 rings (SSSR count). The first-order valence-corrected chi connectivity index (χ1v) is 5.75. The van der Waals surface area contributed by atoms with Gasteiger partial charge in [0.2, 0.25) is 0 Å². The Kier molecular flexibility index (Phi) is 3.62. The van der Waals surface area contributed by atoms with Crippen LogP contribution >= 0.6 is 0 Å². The van der Waals surface area contributed by atoms with E-state index in [1.54, 1.807) is 24.3 Å². The number of benzene rings is 1. The van der Waals surface area contributed by atoms with E-state index in [4.69, 9.17) is 0 Å². The number of aliphatic hydroxyl groups is 1. The van der Waals surface area contributed by atoms with Crippen molar-refractivity contribution in [2.75, 3.05) is 13.7 Å². The summed E-state index contributed by atoms with van der Waals surface area (Å²) in [4.78, 5) is 25.2. The molecule has 2 atom stereocenters. The fraction of sp³-hybridized carbons (Fsp3) is 0.385. The number of nitrogens with zero attached hydrogens (tertiary/aromatic N) is 1. The van der Waals surface area contributed by atoms with Crippen LogP contribution in [-0.4, -0.2) is 47.7 Å². The minimum Gasteiger partial charge on any atom is -0.467 e. The smallest absolute Gasteiger partial charge is 0.328 e. The summed E-state index contributed by atoms with van der Waals surface area (Å²) in [5.41, 5.74) is 0.500. The van der Waals surface area contributed by atoms with Crippen molar-refractivity contribution in [1.82, 2.24) is 4.90 Å². The lowest BCUT2D eigenvalue weighted by Gasteiger charge is -2.22. The highest BCUT2D eigenvalue weighted by molar-refractivity contribution is 5.97. The zero-order chi connectivity index (χ0) is 13.1. The van der Waals surface area contributed by atoms with E-state index in [0.29, 0.717) is 5.56 Å². The third kappa shape index (κ3) is 2.36. The number of carbonyl (C=O) groups is 2. The first-order valence-electron chi connectivity index (χ1n) is 5.75. The van der Waals surface area contributed by atoms with Crippen LogP contribution in [0.4, 0.5) is 0 Å². The average Bonchev–Trinajstić information content (AvgIpc) is 2.80. The monoisotopic (exact) mass is 249 g/mol. The number of ether oxygens (including phenoxy) is 1. The number of methoxy groups -OCH3 is 1. The molecule has 0 saturated carbocycles. The molecule has 0 spiro atoms. The normalized spacial score (nSPS) is 22.9. The minimum atomic E-state index is -0.697. The zero-order valence-electron chi connectivity index (χ0n) is 10.1. The molecular formula is C13H15NO4. The maximum atomic E-state index is 12.2. The van der Waals surface area contributed by atoms with Crippen LogP contribution in [0.1, 0.15) is 16.8 Å². The number of amides is 1. The Morgan fingerprint density at radius 2 is 2.00 bits per heavy atom. The zero-order valence-corrected chi connectivity index (χ0v) is 10.1. The molecule has 1 heterocycles. The molecule has 1 aliphatic heterocycles. The number of hydrogen-bond acceptors (Lipinski definition) is 4. The van der Waals surface area contributed by atoms with Crippen molar-refractivity contribution < 1.29 is 19.4 Å². The maximum Gasteiger partial charge on any atom is 0.328 e. The first kappa shape index (κ1) is 12.6. The first-order chi connectivity index (χ1) is 8.63. The second-order valence-corrected chi connectivity index (χ2v) is 4.25. The van der Waals surface area contributed by atoms with Crippen LogP contribution in [0.2, 0.25) is 0 Å². The second kappa shape index (κ2) is 5.18. The molecule has 1 fully saturated rings. The molecule has 5 nitrogen and oxygen atoms in total. The molecule has 1 aliphatic rings. The van der Waals surface area contributed by atoms with Crippen molar-refractivity contribution >= 4 is 11.9 Å². The molecule has 1 amide bonds. The van der Waals surface area contributed by atoms with E-state index in [1.807, 2.05) is 6.07 Å². The maximum absolute atomic E-state index is 12.2. The van der Waals surface area contributed by atoms with Crippen molar-refractivity contribution in [1.29, 1.82) is 0 Å². The van der Waals surface area contributed by atoms with Gasteiger partial charge >= 0.3 is 5.97 Å². The van der Waals surface area contributed by atoms with Gasteiger partial charge in [-0.15, -0.1) is 0 Å². The number of carbonyl (C=O) groups excluding carboxylic acids is 2. The molecule has 1 aromatic carbocycles. The van der Waals surface area contributed by atoms with Gasteiger partial charge < -0.3 is 14.7 Å². The topological polar surface area (TPSA) is 66.8 Å². The SMILES string of the molecule is COC(=O)[C@H]1C[C@H](O)CN1C(=O)c1ccccc1. The van der Waals surface area contributed by atoms with Crippen molar-refractivity contribution in [3.63, 3.8) is 0 Å². The molecule has 1 aromatic rings. The second-order valence-electron chi connectivity index (χ2n) is 4.25. The largest absolute Gasteiger partial charge is 0.467 e. The van der Waals surface area contributed by atoms with Crippen molar-refractivity contribution in [2.45, 2.75) is 18.6 Å². The van der Waals surface area contributed by atoms with Gasteiger partial charge in [-0.25, -0.2) is 4.79 Å². The highest BCUT2D eigenvalue weighted by Crippen LogP contribution is 2.21. The van der Waals surface area contributed by atoms with E-state index >= 15 is 0 Å². The summed E-state index contributed by atoms with van der Waals surface area (Å²) in [6.45, 7) is 0.160. The van der Waals surface area contributed by atoms with Crippen LogP contribution in [0.3, 0.4) is 0 Å². The molecule has 0 aliphatic carbocycles. The summed E-state index contributed by atoms with van der Waals surface area (Å²) in [6.07, 6.45) is -0.451. The fourth-order valence-electron chi connectivity index (χ4n) is 2.14. The Morgan fingerprint density at radius 3 is 2.61 bits per heavy atom. The van der Waals surface area contributed by atoms with Crippen LogP contribution in [0.15, 0.2) is 30.3 Å². The van der Waals surface area contributed by atoms with Gasteiger partial charge in [-0.3, -0.25) is 4.79 Å². The molecule has 96 valence electrons. The third-order valence-corrected chi connectivity index (χ3v) is 3.03. The molecular weight excluding hydrogens is 234 g/mol. The summed E-state index contributed by atoms with van der Waals surface area (Å²) >= 11 is 0. The van der Waals surface area contributed by atoms with Crippen molar-refractivity contribution in [2.24, 2.45) is 0 Å². The van der Waals surface area contributed by atoms with Crippen molar-refractivity contribution in [3.05, 3.63) is 35.9 Å². The lowest BCUT2D eigenvalue weighted by Crippen LogP contribution is -2.41. The standard InChI is InChI=1S/C13H15NO4/c1-18-13(17)11-7-10(15)8-14(11)12(16)9-5-3-2-4-6-9/h2-6,10-11,15H,7-8H2,1H3/t10-,11+/m0/s1.